The van der Waals surface area contributed by atoms with Gasteiger partial charge in [-0.1, -0.05) is 23.4 Å². The van der Waals surface area contributed by atoms with E-state index in [1.807, 2.05) is 31.2 Å². The lowest BCUT2D eigenvalue weighted by molar-refractivity contribution is 1.12. The molecule has 0 saturated carbocycles. The molecule has 0 spiro atoms. The van der Waals surface area contributed by atoms with Crippen LogP contribution in [0.4, 0.5) is 5.82 Å². The largest absolute Gasteiger partial charge is 0.370 e. The van der Waals surface area contributed by atoms with Gasteiger partial charge in [0.05, 0.1) is 5.02 Å². The van der Waals surface area contributed by atoms with Crippen LogP contribution in [0.5, 0.6) is 0 Å². The third-order valence-electron chi connectivity index (χ3n) is 2.03. The molecule has 5 heteroatoms. The Bertz CT molecular complexity index is 505. The molecular formula is C12H12ClN3S. The lowest BCUT2D eigenvalue weighted by Crippen LogP contribution is -1.98. The second-order valence-corrected chi connectivity index (χ2v) is 4.77. The van der Waals surface area contributed by atoms with Crippen molar-refractivity contribution >= 4 is 29.2 Å². The summed E-state index contributed by atoms with van der Waals surface area (Å²) in [4.78, 5) is 9.52. The van der Waals surface area contributed by atoms with Gasteiger partial charge in [-0.25, -0.2) is 9.97 Å². The molecule has 0 aliphatic heterocycles. The molecule has 0 unspecified atom stereocenters. The van der Waals surface area contributed by atoms with Crippen LogP contribution in [0, 0.1) is 0 Å². The lowest BCUT2D eigenvalue weighted by atomic mass is 10.4. The molecule has 0 atom stereocenters. The number of halogens is 1. The number of hydrogen-bond donors (Lipinski definition) is 1. The minimum absolute atomic E-state index is 0.666. The van der Waals surface area contributed by atoms with Crippen LogP contribution in [0.25, 0.3) is 0 Å². The van der Waals surface area contributed by atoms with Gasteiger partial charge in [0, 0.05) is 23.8 Å². The second-order valence-electron chi connectivity index (χ2n) is 3.30. The van der Waals surface area contributed by atoms with Crippen molar-refractivity contribution in [2.45, 2.75) is 16.8 Å². The first-order chi connectivity index (χ1) is 8.29. The molecule has 0 aliphatic rings. The topological polar surface area (TPSA) is 37.8 Å². The summed E-state index contributed by atoms with van der Waals surface area (Å²) in [5, 5.41) is 4.64. The summed E-state index contributed by atoms with van der Waals surface area (Å²) in [6.45, 7) is 2.89. The van der Waals surface area contributed by atoms with Crippen LogP contribution in [0.15, 0.2) is 46.6 Å². The quantitative estimate of drug-likeness (QED) is 0.914. The molecule has 0 saturated heterocycles. The van der Waals surface area contributed by atoms with Crippen molar-refractivity contribution in [3.8, 4) is 0 Å². The molecule has 2 aromatic heterocycles. The van der Waals surface area contributed by atoms with E-state index in [9.17, 15) is 0 Å². The maximum atomic E-state index is 6.06. The molecule has 88 valence electrons. The average molecular weight is 266 g/mol. The van der Waals surface area contributed by atoms with E-state index in [0.717, 1.165) is 22.3 Å². The second kappa shape index (κ2) is 5.89. The van der Waals surface area contributed by atoms with Crippen molar-refractivity contribution in [1.82, 2.24) is 9.97 Å². The summed E-state index contributed by atoms with van der Waals surface area (Å²) in [5.74, 6) is 0.865. The van der Waals surface area contributed by atoms with Gasteiger partial charge in [-0.3, -0.25) is 0 Å². The molecule has 0 radical (unpaired) electrons. The van der Waals surface area contributed by atoms with Crippen LogP contribution in [0.2, 0.25) is 5.02 Å². The molecule has 0 amide bonds. The Morgan fingerprint density at radius 2 is 2.18 bits per heavy atom. The average Bonchev–Trinajstić information content (AvgIpc) is 2.33. The number of pyridine rings is 2. The van der Waals surface area contributed by atoms with Crippen molar-refractivity contribution in [2.75, 3.05) is 11.9 Å². The van der Waals surface area contributed by atoms with Gasteiger partial charge in [-0.2, -0.15) is 0 Å². The number of nitrogens with zero attached hydrogens (tertiary/aromatic N) is 2. The summed E-state index contributed by atoms with van der Waals surface area (Å²) >= 11 is 7.59. The van der Waals surface area contributed by atoms with Gasteiger partial charge < -0.3 is 5.32 Å². The van der Waals surface area contributed by atoms with Crippen molar-refractivity contribution < 1.29 is 0 Å². The fraction of sp³-hybridized carbons (Fsp3) is 0.167. The fourth-order valence-electron chi connectivity index (χ4n) is 1.31. The van der Waals surface area contributed by atoms with Gasteiger partial charge in [0.2, 0.25) is 0 Å². The Kier molecular flexibility index (Phi) is 4.23. The zero-order valence-electron chi connectivity index (χ0n) is 9.35. The van der Waals surface area contributed by atoms with Gasteiger partial charge in [0.15, 0.2) is 0 Å². The summed E-state index contributed by atoms with van der Waals surface area (Å²) in [6.07, 6.45) is 3.51. The molecule has 2 heterocycles. The first-order valence-corrected chi connectivity index (χ1v) is 6.47. The number of nitrogens with one attached hydrogen (secondary N) is 1. The summed E-state index contributed by atoms with van der Waals surface area (Å²) in [5.41, 5.74) is 0. The standard InChI is InChI=1S/C12H12ClN3S/c1-2-14-11-8-9(5-7-15-11)17-12-10(13)4-3-6-16-12/h3-8H,2H2,1H3,(H,14,15). The zero-order valence-corrected chi connectivity index (χ0v) is 10.9. The summed E-state index contributed by atoms with van der Waals surface area (Å²) in [6, 6.07) is 7.59. The summed E-state index contributed by atoms with van der Waals surface area (Å²) < 4.78 is 0. The van der Waals surface area contributed by atoms with Gasteiger partial charge in [-0.15, -0.1) is 0 Å². The first-order valence-electron chi connectivity index (χ1n) is 5.28. The van der Waals surface area contributed by atoms with Crippen LogP contribution in [-0.4, -0.2) is 16.5 Å². The van der Waals surface area contributed by atoms with Crippen LogP contribution < -0.4 is 5.32 Å². The molecule has 2 rings (SSSR count). The number of rotatable bonds is 4. The Balaban J connectivity index is 2.18. The molecule has 3 nitrogen and oxygen atoms in total. The Morgan fingerprint density at radius 1 is 1.29 bits per heavy atom. The highest BCUT2D eigenvalue weighted by Crippen LogP contribution is 2.31. The predicted octanol–water partition coefficient (Wildman–Crippen LogP) is 3.71. The van der Waals surface area contributed by atoms with E-state index in [0.29, 0.717) is 5.02 Å². The van der Waals surface area contributed by atoms with Gasteiger partial charge in [0.1, 0.15) is 10.8 Å². The molecule has 2 aromatic rings. The van der Waals surface area contributed by atoms with E-state index in [4.69, 9.17) is 11.6 Å². The van der Waals surface area contributed by atoms with Crippen molar-refractivity contribution in [2.24, 2.45) is 0 Å². The van der Waals surface area contributed by atoms with E-state index >= 15 is 0 Å². The van der Waals surface area contributed by atoms with Crippen LogP contribution in [0.1, 0.15) is 6.92 Å². The first kappa shape index (κ1) is 12.2. The third kappa shape index (κ3) is 3.35. The van der Waals surface area contributed by atoms with E-state index in [-0.39, 0.29) is 0 Å². The molecule has 0 aromatic carbocycles. The highest BCUT2D eigenvalue weighted by molar-refractivity contribution is 7.99. The van der Waals surface area contributed by atoms with Crippen LogP contribution in [0.3, 0.4) is 0 Å². The molecule has 1 N–H and O–H groups in total. The molecular weight excluding hydrogens is 254 g/mol. The maximum absolute atomic E-state index is 6.06. The van der Waals surface area contributed by atoms with Crippen molar-refractivity contribution in [1.29, 1.82) is 0 Å². The molecule has 17 heavy (non-hydrogen) atoms. The highest BCUT2D eigenvalue weighted by atomic mass is 35.5. The van der Waals surface area contributed by atoms with Gasteiger partial charge in [-0.05, 0) is 31.2 Å². The SMILES string of the molecule is CCNc1cc(Sc2ncccc2Cl)ccn1. The van der Waals surface area contributed by atoms with E-state index in [2.05, 4.69) is 15.3 Å². The Morgan fingerprint density at radius 3 is 2.94 bits per heavy atom. The van der Waals surface area contributed by atoms with Crippen LogP contribution >= 0.6 is 23.4 Å². The van der Waals surface area contributed by atoms with Gasteiger partial charge >= 0.3 is 0 Å². The third-order valence-corrected chi connectivity index (χ3v) is 3.45. The van der Waals surface area contributed by atoms with E-state index in [1.54, 1.807) is 12.4 Å². The normalized spacial score (nSPS) is 10.2. The van der Waals surface area contributed by atoms with Crippen molar-refractivity contribution in [3.63, 3.8) is 0 Å². The Hall–Kier alpha value is -1.26. The van der Waals surface area contributed by atoms with Gasteiger partial charge in [0.25, 0.3) is 0 Å². The zero-order chi connectivity index (χ0) is 12.1. The minimum Gasteiger partial charge on any atom is -0.370 e. The monoisotopic (exact) mass is 265 g/mol. The van der Waals surface area contributed by atoms with E-state index < -0.39 is 0 Å². The van der Waals surface area contributed by atoms with Crippen LogP contribution in [-0.2, 0) is 0 Å². The number of anilines is 1. The molecule has 0 fully saturated rings. The summed E-state index contributed by atoms with van der Waals surface area (Å²) in [7, 11) is 0. The van der Waals surface area contributed by atoms with Crippen molar-refractivity contribution in [3.05, 3.63) is 41.7 Å². The number of aromatic nitrogens is 2. The number of hydrogen-bond acceptors (Lipinski definition) is 4. The highest BCUT2D eigenvalue weighted by Gasteiger charge is 2.04. The smallest absolute Gasteiger partial charge is 0.126 e. The van der Waals surface area contributed by atoms with E-state index in [1.165, 1.54) is 11.8 Å². The minimum atomic E-state index is 0.666. The maximum Gasteiger partial charge on any atom is 0.126 e. The predicted molar refractivity (Wildman–Crippen MR) is 71.8 cm³/mol. The fourth-order valence-corrected chi connectivity index (χ4v) is 2.35. The lowest BCUT2D eigenvalue weighted by Gasteiger charge is -2.05. The molecule has 0 bridgehead atoms. The molecule has 0 aliphatic carbocycles. The Labute approximate surface area is 110 Å².